The van der Waals surface area contributed by atoms with E-state index in [0.717, 1.165) is 24.3 Å². The number of hydrogen-bond donors (Lipinski definition) is 1. The van der Waals surface area contributed by atoms with Crippen LogP contribution in [-0.2, 0) is 0 Å². The van der Waals surface area contributed by atoms with E-state index in [1.165, 1.54) is 6.07 Å². The maximum absolute atomic E-state index is 13.9. The first-order valence-corrected chi connectivity index (χ1v) is 6.71. The van der Waals surface area contributed by atoms with Gasteiger partial charge in [-0.1, -0.05) is 13.0 Å². The first-order valence-electron chi connectivity index (χ1n) is 6.71. The lowest BCUT2D eigenvalue weighted by Gasteiger charge is -2.10. The van der Waals surface area contributed by atoms with E-state index in [1.807, 2.05) is 32.0 Å². The lowest BCUT2D eigenvalue weighted by molar-refractivity contribution is 0.437. The van der Waals surface area contributed by atoms with Gasteiger partial charge in [0.05, 0.1) is 11.6 Å². The zero-order valence-corrected chi connectivity index (χ0v) is 11.7. The van der Waals surface area contributed by atoms with Gasteiger partial charge >= 0.3 is 0 Å². The molecular weight excluding hydrogens is 241 g/mol. The molecular formula is C16H20FNO. The summed E-state index contributed by atoms with van der Waals surface area (Å²) >= 11 is 0. The molecule has 0 bridgehead atoms. The molecule has 1 unspecified atom stereocenters. The highest BCUT2D eigenvalue weighted by molar-refractivity contribution is 5.59. The van der Waals surface area contributed by atoms with Crippen molar-refractivity contribution in [3.63, 3.8) is 0 Å². The smallest absolute Gasteiger partial charge is 0.137 e. The summed E-state index contributed by atoms with van der Waals surface area (Å²) in [5.41, 5.74) is 1.42. The molecule has 0 aliphatic rings. The van der Waals surface area contributed by atoms with Crippen LogP contribution in [0.25, 0.3) is 11.3 Å². The van der Waals surface area contributed by atoms with E-state index in [0.29, 0.717) is 11.3 Å². The summed E-state index contributed by atoms with van der Waals surface area (Å²) in [7, 11) is 0. The van der Waals surface area contributed by atoms with Crippen LogP contribution >= 0.6 is 0 Å². The minimum absolute atomic E-state index is 0.141. The molecule has 0 aliphatic heterocycles. The Kier molecular flexibility index (Phi) is 4.38. The van der Waals surface area contributed by atoms with Crippen molar-refractivity contribution in [1.29, 1.82) is 0 Å². The molecule has 0 fully saturated rings. The highest BCUT2D eigenvalue weighted by Crippen LogP contribution is 2.27. The van der Waals surface area contributed by atoms with Crippen LogP contribution in [0.3, 0.4) is 0 Å². The molecule has 2 rings (SSSR count). The largest absolute Gasteiger partial charge is 0.459 e. The molecule has 0 amide bonds. The predicted molar refractivity (Wildman–Crippen MR) is 75.5 cm³/mol. The van der Waals surface area contributed by atoms with Gasteiger partial charge in [0.25, 0.3) is 0 Å². The lowest BCUT2D eigenvalue weighted by Crippen LogP contribution is -2.18. The zero-order valence-electron chi connectivity index (χ0n) is 11.7. The number of rotatable bonds is 5. The van der Waals surface area contributed by atoms with Gasteiger partial charge in [0, 0.05) is 0 Å². The fraction of sp³-hybridized carbons (Fsp3) is 0.375. The van der Waals surface area contributed by atoms with Crippen molar-refractivity contribution < 1.29 is 8.81 Å². The third kappa shape index (κ3) is 3.24. The summed E-state index contributed by atoms with van der Waals surface area (Å²) in [5, 5.41) is 3.35. The van der Waals surface area contributed by atoms with Crippen LogP contribution in [0.1, 0.15) is 37.6 Å². The van der Waals surface area contributed by atoms with E-state index in [-0.39, 0.29) is 11.9 Å². The second kappa shape index (κ2) is 6.02. The van der Waals surface area contributed by atoms with Crippen molar-refractivity contribution in [3.05, 3.63) is 47.5 Å². The summed E-state index contributed by atoms with van der Waals surface area (Å²) in [4.78, 5) is 0. The Morgan fingerprint density at radius 2 is 2.05 bits per heavy atom. The maximum Gasteiger partial charge on any atom is 0.137 e. The molecule has 0 spiro atoms. The van der Waals surface area contributed by atoms with Gasteiger partial charge in [-0.2, -0.15) is 0 Å². The molecule has 2 aromatic rings. The van der Waals surface area contributed by atoms with Crippen LogP contribution in [0.2, 0.25) is 0 Å². The van der Waals surface area contributed by atoms with Crippen LogP contribution in [-0.4, -0.2) is 6.54 Å². The number of nitrogens with one attached hydrogen (secondary N) is 1. The van der Waals surface area contributed by atoms with Crippen molar-refractivity contribution in [2.75, 3.05) is 6.54 Å². The number of benzene rings is 1. The topological polar surface area (TPSA) is 25.2 Å². The third-order valence-corrected chi connectivity index (χ3v) is 3.14. The maximum atomic E-state index is 13.9. The van der Waals surface area contributed by atoms with Gasteiger partial charge in [-0.3, -0.25) is 0 Å². The minimum Gasteiger partial charge on any atom is -0.459 e. The highest BCUT2D eigenvalue weighted by atomic mass is 19.1. The van der Waals surface area contributed by atoms with Crippen LogP contribution in [0, 0.1) is 12.7 Å². The monoisotopic (exact) mass is 261 g/mol. The average Bonchev–Trinajstić information content (AvgIpc) is 2.85. The summed E-state index contributed by atoms with van der Waals surface area (Å²) < 4.78 is 19.6. The van der Waals surface area contributed by atoms with Crippen molar-refractivity contribution in [3.8, 4) is 11.3 Å². The average molecular weight is 261 g/mol. The first-order chi connectivity index (χ1) is 9.11. The predicted octanol–water partition coefficient (Wildman–Crippen LogP) is 4.45. The molecule has 1 heterocycles. The van der Waals surface area contributed by atoms with Gasteiger partial charge in [0.2, 0.25) is 0 Å². The zero-order chi connectivity index (χ0) is 13.8. The summed E-state index contributed by atoms with van der Waals surface area (Å²) in [6.07, 6.45) is 1.07. The Labute approximate surface area is 113 Å². The van der Waals surface area contributed by atoms with Gasteiger partial charge in [0.15, 0.2) is 0 Å². The standard InChI is InChI=1S/C16H20FNO/c1-4-9-18-12(3)15-7-8-16(19-15)13-6-5-11(2)10-14(13)17/h5-8,10,12,18H,4,9H2,1-3H3. The molecule has 3 heteroatoms. The Morgan fingerprint density at radius 1 is 1.26 bits per heavy atom. The molecule has 102 valence electrons. The summed E-state index contributed by atoms with van der Waals surface area (Å²) in [6.45, 7) is 6.98. The van der Waals surface area contributed by atoms with Crippen molar-refractivity contribution in [2.45, 2.75) is 33.2 Å². The Bertz CT molecular complexity index is 547. The normalized spacial score (nSPS) is 12.6. The lowest BCUT2D eigenvalue weighted by atomic mass is 10.1. The Hall–Kier alpha value is -1.61. The van der Waals surface area contributed by atoms with Crippen LogP contribution in [0.5, 0.6) is 0 Å². The molecule has 1 aromatic carbocycles. The van der Waals surface area contributed by atoms with Crippen molar-refractivity contribution in [1.82, 2.24) is 5.32 Å². The van der Waals surface area contributed by atoms with E-state index < -0.39 is 0 Å². The molecule has 1 N–H and O–H groups in total. The van der Waals surface area contributed by atoms with Crippen LogP contribution in [0.4, 0.5) is 4.39 Å². The van der Waals surface area contributed by atoms with Gasteiger partial charge in [-0.25, -0.2) is 4.39 Å². The van der Waals surface area contributed by atoms with Crippen LogP contribution in [0.15, 0.2) is 34.7 Å². The molecule has 1 aromatic heterocycles. The van der Waals surface area contributed by atoms with Gasteiger partial charge in [0.1, 0.15) is 17.3 Å². The molecule has 0 saturated heterocycles. The Morgan fingerprint density at radius 3 is 2.74 bits per heavy atom. The summed E-state index contributed by atoms with van der Waals surface area (Å²) in [5.74, 6) is 1.18. The fourth-order valence-corrected chi connectivity index (χ4v) is 2.01. The van der Waals surface area contributed by atoms with Gasteiger partial charge in [-0.05, 0) is 56.6 Å². The number of hydrogen-bond acceptors (Lipinski definition) is 2. The first kappa shape index (κ1) is 13.8. The van der Waals surface area contributed by atoms with Crippen molar-refractivity contribution in [2.24, 2.45) is 0 Å². The van der Waals surface area contributed by atoms with E-state index in [2.05, 4.69) is 12.2 Å². The van der Waals surface area contributed by atoms with Gasteiger partial charge in [-0.15, -0.1) is 0 Å². The summed E-state index contributed by atoms with van der Waals surface area (Å²) in [6, 6.07) is 9.05. The number of aryl methyl sites for hydroxylation is 1. The van der Waals surface area contributed by atoms with Crippen LogP contribution < -0.4 is 5.32 Å². The molecule has 19 heavy (non-hydrogen) atoms. The molecule has 2 nitrogen and oxygen atoms in total. The number of furan rings is 1. The molecule has 0 aliphatic carbocycles. The second-order valence-corrected chi connectivity index (χ2v) is 4.86. The Balaban J connectivity index is 2.20. The van der Waals surface area contributed by atoms with Crippen molar-refractivity contribution >= 4 is 0 Å². The highest BCUT2D eigenvalue weighted by Gasteiger charge is 2.13. The minimum atomic E-state index is -0.241. The molecule has 1 atom stereocenters. The number of halogens is 1. The van der Waals surface area contributed by atoms with Gasteiger partial charge < -0.3 is 9.73 Å². The molecule has 0 radical (unpaired) electrons. The van der Waals surface area contributed by atoms with E-state index >= 15 is 0 Å². The SMILES string of the molecule is CCCNC(C)c1ccc(-c2ccc(C)cc2F)o1. The van der Waals surface area contributed by atoms with E-state index in [1.54, 1.807) is 6.07 Å². The second-order valence-electron chi connectivity index (χ2n) is 4.86. The van der Waals surface area contributed by atoms with E-state index in [9.17, 15) is 4.39 Å². The third-order valence-electron chi connectivity index (χ3n) is 3.14. The quantitative estimate of drug-likeness (QED) is 0.860. The fourth-order valence-electron chi connectivity index (χ4n) is 2.01. The molecule has 0 saturated carbocycles. The van der Waals surface area contributed by atoms with E-state index in [4.69, 9.17) is 4.42 Å².